The van der Waals surface area contributed by atoms with Crippen LogP contribution in [-0.2, 0) is 15.8 Å². The van der Waals surface area contributed by atoms with Crippen molar-refractivity contribution in [2.24, 2.45) is 0 Å². The lowest BCUT2D eigenvalue weighted by Crippen LogP contribution is -2.24. The van der Waals surface area contributed by atoms with Crippen LogP contribution in [0.15, 0.2) is 24.3 Å². The zero-order valence-electron chi connectivity index (χ0n) is 9.04. The van der Waals surface area contributed by atoms with Gasteiger partial charge in [0.25, 0.3) is 0 Å². The molecule has 5 nitrogen and oxygen atoms in total. The molecule has 0 unspecified atom stereocenters. The molecule has 0 saturated heterocycles. The number of sulfonamides is 1. The van der Waals surface area contributed by atoms with Crippen LogP contribution in [0.1, 0.15) is 15.9 Å². The first-order chi connectivity index (χ1) is 7.34. The number of nitrogens with zero attached hydrogens (tertiary/aromatic N) is 1. The molecule has 1 aromatic rings. The quantitative estimate of drug-likeness (QED) is 0.847. The molecule has 0 amide bonds. The Kier molecular flexibility index (Phi) is 3.66. The molecule has 6 heteroatoms. The molecule has 16 heavy (non-hydrogen) atoms. The van der Waals surface area contributed by atoms with Crippen LogP contribution in [0.3, 0.4) is 0 Å². The molecule has 1 aromatic carbocycles. The highest BCUT2D eigenvalue weighted by Crippen LogP contribution is 2.13. The van der Waals surface area contributed by atoms with E-state index >= 15 is 0 Å². The SMILES string of the molecule is CN(C)S(=O)(=O)Cc1ccccc1C(=O)O. The molecule has 0 spiro atoms. The predicted molar refractivity (Wildman–Crippen MR) is 59.7 cm³/mol. The van der Waals surface area contributed by atoms with Crippen molar-refractivity contribution >= 4 is 16.0 Å². The molecule has 88 valence electrons. The van der Waals surface area contributed by atoms with Gasteiger partial charge in [0.05, 0.1) is 11.3 Å². The van der Waals surface area contributed by atoms with Crippen molar-refractivity contribution in [3.8, 4) is 0 Å². The maximum Gasteiger partial charge on any atom is 0.335 e. The van der Waals surface area contributed by atoms with Gasteiger partial charge in [-0.3, -0.25) is 0 Å². The van der Waals surface area contributed by atoms with Gasteiger partial charge < -0.3 is 5.11 Å². The average molecular weight is 243 g/mol. The predicted octanol–water partition coefficient (Wildman–Crippen LogP) is 0.776. The normalized spacial score (nSPS) is 11.7. The van der Waals surface area contributed by atoms with Crippen LogP contribution in [0.4, 0.5) is 0 Å². The molecular weight excluding hydrogens is 230 g/mol. The summed E-state index contributed by atoms with van der Waals surface area (Å²) in [6.45, 7) is 0. The summed E-state index contributed by atoms with van der Waals surface area (Å²) in [5.41, 5.74) is 0.316. The fourth-order valence-corrected chi connectivity index (χ4v) is 2.08. The number of hydrogen-bond acceptors (Lipinski definition) is 3. The third-order valence-corrected chi connectivity index (χ3v) is 3.93. The molecule has 0 radical (unpaired) electrons. The van der Waals surface area contributed by atoms with Crippen LogP contribution < -0.4 is 0 Å². The number of benzene rings is 1. The lowest BCUT2D eigenvalue weighted by atomic mass is 10.1. The van der Waals surface area contributed by atoms with Crippen LogP contribution in [0.5, 0.6) is 0 Å². The highest BCUT2D eigenvalue weighted by molar-refractivity contribution is 7.88. The summed E-state index contributed by atoms with van der Waals surface area (Å²) >= 11 is 0. The molecule has 0 atom stereocenters. The summed E-state index contributed by atoms with van der Waals surface area (Å²) in [7, 11) is -0.606. The first-order valence-corrected chi connectivity index (χ1v) is 6.17. The van der Waals surface area contributed by atoms with E-state index in [0.29, 0.717) is 5.56 Å². The fourth-order valence-electron chi connectivity index (χ4n) is 1.18. The van der Waals surface area contributed by atoms with Crippen molar-refractivity contribution in [1.82, 2.24) is 4.31 Å². The van der Waals surface area contributed by atoms with E-state index in [2.05, 4.69) is 0 Å². The van der Waals surface area contributed by atoms with Gasteiger partial charge in [-0.1, -0.05) is 18.2 Å². The summed E-state index contributed by atoms with van der Waals surface area (Å²) in [6.07, 6.45) is 0. The summed E-state index contributed by atoms with van der Waals surface area (Å²) in [4.78, 5) is 10.9. The summed E-state index contributed by atoms with van der Waals surface area (Å²) in [5.74, 6) is -1.42. The van der Waals surface area contributed by atoms with Crippen molar-refractivity contribution in [1.29, 1.82) is 0 Å². The van der Waals surface area contributed by atoms with Gasteiger partial charge in [-0.05, 0) is 11.6 Å². The first kappa shape index (κ1) is 12.7. The second-order valence-corrected chi connectivity index (χ2v) is 5.68. The van der Waals surface area contributed by atoms with E-state index in [1.165, 1.54) is 26.2 Å². The second-order valence-electron chi connectivity index (χ2n) is 3.50. The number of aromatic carboxylic acids is 1. The lowest BCUT2D eigenvalue weighted by molar-refractivity contribution is 0.0696. The number of carbonyl (C=O) groups is 1. The van der Waals surface area contributed by atoms with Gasteiger partial charge in [-0.2, -0.15) is 0 Å². The van der Waals surface area contributed by atoms with Gasteiger partial charge in [0.2, 0.25) is 10.0 Å². The molecule has 1 N–H and O–H groups in total. The van der Waals surface area contributed by atoms with E-state index in [0.717, 1.165) is 4.31 Å². The molecule has 0 heterocycles. The Hall–Kier alpha value is -1.40. The van der Waals surface area contributed by atoms with Gasteiger partial charge in [0.1, 0.15) is 0 Å². The van der Waals surface area contributed by atoms with Gasteiger partial charge in [-0.15, -0.1) is 0 Å². The molecule has 0 saturated carbocycles. The van der Waals surface area contributed by atoms with Crippen LogP contribution >= 0.6 is 0 Å². The standard InChI is InChI=1S/C10H13NO4S/c1-11(2)16(14,15)7-8-5-3-4-6-9(8)10(12)13/h3-6H,7H2,1-2H3,(H,12,13). The van der Waals surface area contributed by atoms with Gasteiger partial charge in [0, 0.05) is 14.1 Å². The van der Waals surface area contributed by atoms with Crippen LogP contribution in [0.25, 0.3) is 0 Å². The number of carboxylic acid groups (broad SMARTS) is 1. The van der Waals surface area contributed by atoms with E-state index in [9.17, 15) is 13.2 Å². The summed E-state index contributed by atoms with van der Waals surface area (Å²) in [5, 5.41) is 8.89. The Morgan fingerprint density at radius 2 is 1.88 bits per heavy atom. The van der Waals surface area contributed by atoms with E-state index in [1.54, 1.807) is 12.1 Å². The zero-order valence-corrected chi connectivity index (χ0v) is 9.86. The minimum Gasteiger partial charge on any atom is -0.478 e. The maximum atomic E-state index is 11.6. The van der Waals surface area contributed by atoms with Gasteiger partial charge >= 0.3 is 5.97 Å². The molecule has 0 aliphatic rings. The molecule has 0 bridgehead atoms. The Morgan fingerprint density at radius 1 is 1.31 bits per heavy atom. The van der Waals surface area contributed by atoms with Crippen LogP contribution in [0.2, 0.25) is 0 Å². The Morgan fingerprint density at radius 3 is 2.38 bits per heavy atom. The number of hydrogen-bond donors (Lipinski definition) is 1. The van der Waals surface area contributed by atoms with Crippen molar-refractivity contribution < 1.29 is 18.3 Å². The maximum absolute atomic E-state index is 11.6. The third kappa shape index (κ3) is 2.80. The Bertz CT molecular complexity index is 493. The lowest BCUT2D eigenvalue weighted by Gasteiger charge is -2.12. The zero-order chi connectivity index (χ0) is 12.3. The average Bonchev–Trinajstić information content (AvgIpc) is 2.17. The molecule has 0 aliphatic carbocycles. The largest absolute Gasteiger partial charge is 0.478 e. The highest BCUT2D eigenvalue weighted by Gasteiger charge is 2.18. The monoisotopic (exact) mass is 243 g/mol. The van der Waals surface area contributed by atoms with Crippen molar-refractivity contribution in [3.05, 3.63) is 35.4 Å². The molecule has 1 rings (SSSR count). The minimum atomic E-state index is -3.44. The number of rotatable bonds is 4. The van der Waals surface area contributed by atoms with E-state index in [-0.39, 0.29) is 11.3 Å². The smallest absolute Gasteiger partial charge is 0.335 e. The topological polar surface area (TPSA) is 74.7 Å². The number of carboxylic acids is 1. The third-order valence-electron chi connectivity index (χ3n) is 2.14. The molecular formula is C10H13NO4S. The Balaban J connectivity index is 3.12. The van der Waals surface area contributed by atoms with Crippen molar-refractivity contribution in [3.63, 3.8) is 0 Å². The van der Waals surface area contributed by atoms with Gasteiger partial charge in [0.15, 0.2) is 0 Å². The fraction of sp³-hybridized carbons (Fsp3) is 0.300. The Labute approximate surface area is 94.4 Å². The van der Waals surface area contributed by atoms with Crippen LogP contribution in [-0.4, -0.2) is 37.9 Å². The van der Waals surface area contributed by atoms with E-state index in [4.69, 9.17) is 5.11 Å². The van der Waals surface area contributed by atoms with E-state index < -0.39 is 16.0 Å². The first-order valence-electron chi connectivity index (χ1n) is 4.56. The summed E-state index contributed by atoms with van der Waals surface area (Å²) < 4.78 is 24.3. The molecule has 0 aromatic heterocycles. The van der Waals surface area contributed by atoms with Gasteiger partial charge in [-0.25, -0.2) is 17.5 Å². The van der Waals surface area contributed by atoms with Crippen molar-refractivity contribution in [2.75, 3.05) is 14.1 Å². The van der Waals surface area contributed by atoms with Crippen LogP contribution in [0, 0.1) is 0 Å². The van der Waals surface area contributed by atoms with E-state index in [1.807, 2.05) is 0 Å². The highest BCUT2D eigenvalue weighted by atomic mass is 32.2. The molecule has 0 fully saturated rings. The molecule has 0 aliphatic heterocycles. The minimum absolute atomic E-state index is 0.0212. The van der Waals surface area contributed by atoms with Crippen molar-refractivity contribution in [2.45, 2.75) is 5.75 Å². The summed E-state index contributed by atoms with van der Waals surface area (Å²) in [6, 6.07) is 6.08. The second kappa shape index (κ2) is 4.63.